The second kappa shape index (κ2) is 4.43. The molecule has 1 aliphatic carbocycles. The van der Waals surface area contributed by atoms with E-state index >= 15 is 0 Å². The Bertz CT molecular complexity index is 708. The molecule has 6 nitrogen and oxygen atoms in total. The van der Waals surface area contributed by atoms with Gasteiger partial charge in [0.25, 0.3) is 5.56 Å². The minimum absolute atomic E-state index is 0.0142. The molecule has 2 unspecified atom stereocenters. The fourth-order valence-corrected chi connectivity index (χ4v) is 2.93. The van der Waals surface area contributed by atoms with Gasteiger partial charge in [0.05, 0.1) is 23.5 Å². The van der Waals surface area contributed by atoms with Crippen molar-refractivity contribution in [2.45, 2.75) is 31.7 Å². The van der Waals surface area contributed by atoms with Crippen LogP contribution in [0.15, 0.2) is 17.1 Å². The van der Waals surface area contributed by atoms with Crippen LogP contribution in [0.1, 0.15) is 31.7 Å². The smallest absolute Gasteiger partial charge is 0.261 e. The summed E-state index contributed by atoms with van der Waals surface area (Å²) in [6.07, 6.45) is 5.52. The van der Waals surface area contributed by atoms with Crippen LogP contribution in [-0.2, 0) is 0 Å². The van der Waals surface area contributed by atoms with Gasteiger partial charge < -0.3 is 10.7 Å². The number of aromatic nitrogens is 3. The van der Waals surface area contributed by atoms with Gasteiger partial charge in [0.1, 0.15) is 5.39 Å². The number of hydrogen-bond acceptors (Lipinski definition) is 4. The number of hydrogen-bond donors (Lipinski definition) is 2. The summed E-state index contributed by atoms with van der Waals surface area (Å²) in [5.41, 5.74) is 6.32. The molecule has 0 saturated heterocycles. The molecule has 2 atom stereocenters. The maximum Gasteiger partial charge on any atom is 0.261 e. The van der Waals surface area contributed by atoms with Gasteiger partial charge >= 0.3 is 0 Å². The van der Waals surface area contributed by atoms with E-state index in [0.717, 1.165) is 25.7 Å². The number of nitrogen functional groups attached to an aromatic ring is 1. The van der Waals surface area contributed by atoms with E-state index in [2.05, 4.69) is 16.2 Å². The molecular weight excluding hydrogens is 242 g/mol. The number of nitrogens with two attached hydrogens (primary N) is 1. The van der Waals surface area contributed by atoms with Gasteiger partial charge in [0.2, 0.25) is 0 Å². The molecule has 0 radical (unpaired) electrons. The van der Waals surface area contributed by atoms with E-state index in [-0.39, 0.29) is 23.3 Å². The first-order valence-electron chi connectivity index (χ1n) is 6.47. The predicted octanol–water partition coefficient (Wildman–Crippen LogP) is 1.56. The molecular formula is C13H15N5O. The predicted molar refractivity (Wildman–Crippen MR) is 71.4 cm³/mol. The number of rotatable bonds is 1. The monoisotopic (exact) mass is 257 g/mol. The number of pyridine rings is 1. The van der Waals surface area contributed by atoms with Gasteiger partial charge in [-0.2, -0.15) is 10.4 Å². The standard InChI is InChI=1S/C13H15N5O/c14-7-8-3-1-2-4-9(8)18-10-5-6-16-13(19)11(10)12(15)17-18/h5-6,8-9H,1-4H2,(H2,15,17)(H,16,19). The average molecular weight is 257 g/mol. The summed E-state index contributed by atoms with van der Waals surface area (Å²) in [5, 5.41) is 14.0. The van der Waals surface area contributed by atoms with Crippen LogP contribution >= 0.6 is 0 Å². The molecule has 2 aromatic rings. The van der Waals surface area contributed by atoms with E-state index in [4.69, 9.17) is 5.73 Å². The third-order valence-electron chi connectivity index (χ3n) is 3.87. The summed E-state index contributed by atoms with van der Waals surface area (Å²) < 4.78 is 1.77. The van der Waals surface area contributed by atoms with Crippen molar-refractivity contribution in [3.63, 3.8) is 0 Å². The summed E-state index contributed by atoms with van der Waals surface area (Å²) in [4.78, 5) is 14.4. The number of fused-ring (bicyclic) bond motifs is 1. The molecule has 0 spiro atoms. The average Bonchev–Trinajstić information content (AvgIpc) is 2.77. The first kappa shape index (κ1) is 11.8. The van der Waals surface area contributed by atoms with Gasteiger partial charge in [0.15, 0.2) is 5.82 Å². The lowest BCUT2D eigenvalue weighted by atomic mass is 9.85. The molecule has 3 N–H and O–H groups in total. The van der Waals surface area contributed by atoms with Crippen LogP contribution in [-0.4, -0.2) is 14.8 Å². The molecule has 19 heavy (non-hydrogen) atoms. The molecule has 0 aromatic carbocycles. The van der Waals surface area contributed by atoms with Crippen molar-refractivity contribution < 1.29 is 0 Å². The van der Waals surface area contributed by atoms with E-state index in [1.165, 1.54) is 0 Å². The quantitative estimate of drug-likeness (QED) is 0.809. The molecule has 3 rings (SSSR count). The summed E-state index contributed by atoms with van der Waals surface area (Å²) in [5.74, 6) is 0.176. The fourth-order valence-electron chi connectivity index (χ4n) is 2.93. The van der Waals surface area contributed by atoms with Crippen molar-refractivity contribution in [2.75, 3.05) is 5.73 Å². The number of anilines is 1. The van der Waals surface area contributed by atoms with Crippen molar-refractivity contribution >= 4 is 16.7 Å². The van der Waals surface area contributed by atoms with Gasteiger partial charge in [-0.1, -0.05) is 12.8 Å². The van der Waals surface area contributed by atoms with Crippen LogP contribution in [0.4, 0.5) is 5.82 Å². The molecule has 0 bridgehead atoms. The van der Waals surface area contributed by atoms with E-state index < -0.39 is 0 Å². The molecule has 1 saturated carbocycles. The van der Waals surface area contributed by atoms with Gasteiger partial charge in [-0.15, -0.1) is 0 Å². The van der Waals surface area contributed by atoms with Crippen molar-refractivity contribution in [1.29, 1.82) is 5.26 Å². The molecule has 0 amide bonds. The third-order valence-corrected chi connectivity index (χ3v) is 3.87. The second-order valence-electron chi connectivity index (χ2n) is 4.98. The van der Waals surface area contributed by atoms with Crippen LogP contribution in [0.3, 0.4) is 0 Å². The van der Waals surface area contributed by atoms with Crippen molar-refractivity contribution in [2.24, 2.45) is 5.92 Å². The van der Waals surface area contributed by atoms with Gasteiger partial charge in [0, 0.05) is 6.20 Å². The normalized spacial score (nSPS) is 23.3. The number of nitriles is 1. The SMILES string of the molecule is N#CC1CCCCC1n1nc(N)c2c(=O)[nH]ccc21. The Hall–Kier alpha value is -2.29. The maximum absolute atomic E-state index is 11.8. The Balaban J connectivity index is 2.18. The highest BCUT2D eigenvalue weighted by molar-refractivity contribution is 5.88. The lowest BCUT2D eigenvalue weighted by Crippen LogP contribution is -2.23. The van der Waals surface area contributed by atoms with Crippen LogP contribution < -0.4 is 11.3 Å². The number of H-pyrrole nitrogens is 1. The Kier molecular flexibility index (Phi) is 2.75. The first-order chi connectivity index (χ1) is 9.22. The first-order valence-corrected chi connectivity index (χ1v) is 6.47. The molecule has 0 aliphatic heterocycles. The zero-order chi connectivity index (χ0) is 13.4. The van der Waals surface area contributed by atoms with E-state index in [1.54, 1.807) is 16.9 Å². The molecule has 1 aliphatic rings. The van der Waals surface area contributed by atoms with Crippen LogP contribution in [0, 0.1) is 17.2 Å². The summed E-state index contributed by atoms with van der Waals surface area (Å²) in [6, 6.07) is 4.16. The fraction of sp³-hybridized carbons (Fsp3) is 0.462. The van der Waals surface area contributed by atoms with Gasteiger partial charge in [-0.05, 0) is 18.9 Å². The zero-order valence-electron chi connectivity index (χ0n) is 10.5. The topological polar surface area (TPSA) is 100 Å². The molecule has 98 valence electrons. The number of aromatic amines is 1. The second-order valence-corrected chi connectivity index (χ2v) is 4.98. The third kappa shape index (κ3) is 1.78. The maximum atomic E-state index is 11.8. The van der Waals surface area contributed by atoms with Gasteiger partial charge in [-0.3, -0.25) is 9.48 Å². The minimum atomic E-state index is -0.231. The number of nitrogens with one attached hydrogen (secondary N) is 1. The highest BCUT2D eigenvalue weighted by Crippen LogP contribution is 2.35. The molecule has 2 heterocycles. The van der Waals surface area contributed by atoms with E-state index in [0.29, 0.717) is 10.9 Å². The Morgan fingerprint density at radius 1 is 1.47 bits per heavy atom. The molecule has 1 fully saturated rings. The molecule has 2 aromatic heterocycles. The zero-order valence-corrected chi connectivity index (χ0v) is 10.5. The minimum Gasteiger partial charge on any atom is -0.382 e. The van der Waals surface area contributed by atoms with Crippen LogP contribution in [0.2, 0.25) is 0 Å². The number of nitrogens with zero attached hydrogens (tertiary/aromatic N) is 3. The van der Waals surface area contributed by atoms with Crippen molar-refractivity contribution in [3.8, 4) is 6.07 Å². The highest BCUT2D eigenvalue weighted by Gasteiger charge is 2.29. The Morgan fingerprint density at radius 3 is 3.05 bits per heavy atom. The summed E-state index contributed by atoms with van der Waals surface area (Å²) in [7, 11) is 0. The summed E-state index contributed by atoms with van der Waals surface area (Å²) >= 11 is 0. The Labute approximate surface area is 109 Å². The lowest BCUT2D eigenvalue weighted by Gasteiger charge is -2.27. The lowest BCUT2D eigenvalue weighted by molar-refractivity contribution is 0.277. The summed E-state index contributed by atoms with van der Waals surface area (Å²) in [6.45, 7) is 0. The van der Waals surface area contributed by atoms with Gasteiger partial charge in [-0.25, -0.2) is 0 Å². The van der Waals surface area contributed by atoms with Crippen LogP contribution in [0.5, 0.6) is 0 Å². The highest BCUT2D eigenvalue weighted by atomic mass is 16.1. The van der Waals surface area contributed by atoms with Crippen molar-refractivity contribution in [3.05, 3.63) is 22.6 Å². The largest absolute Gasteiger partial charge is 0.382 e. The van der Waals surface area contributed by atoms with E-state index in [9.17, 15) is 10.1 Å². The molecule has 6 heteroatoms. The van der Waals surface area contributed by atoms with Crippen LogP contribution in [0.25, 0.3) is 10.9 Å². The van der Waals surface area contributed by atoms with E-state index in [1.807, 2.05) is 0 Å². The Morgan fingerprint density at radius 2 is 2.26 bits per heavy atom. The van der Waals surface area contributed by atoms with Crippen molar-refractivity contribution in [1.82, 2.24) is 14.8 Å².